The van der Waals surface area contributed by atoms with Gasteiger partial charge in [-0.2, -0.15) is 0 Å². The maximum absolute atomic E-state index is 13.6. The van der Waals surface area contributed by atoms with E-state index in [9.17, 15) is 9.59 Å². The maximum Gasteiger partial charge on any atom is 0.337 e. The molecule has 0 saturated carbocycles. The molecule has 1 aliphatic carbocycles. The van der Waals surface area contributed by atoms with Crippen molar-refractivity contribution in [2.45, 2.75) is 39.0 Å². The van der Waals surface area contributed by atoms with Crippen LogP contribution in [0.5, 0.6) is 0 Å². The number of carbonyl (C=O) groups is 2. The fraction of sp³-hybridized carbons (Fsp3) is 0.222. The van der Waals surface area contributed by atoms with Crippen molar-refractivity contribution < 1.29 is 19.0 Å². The Morgan fingerprint density at radius 3 is 2.79 bits per heavy atom. The van der Waals surface area contributed by atoms with Crippen molar-refractivity contribution in [2.24, 2.45) is 0 Å². The number of pyridine rings is 1. The van der Waals surface area contributed by atoms with Crippen molar-refractivity contribution in [3.63, 3.8) is 0 Å². The van der Waals surface area contributed by atoms with Crippen LogP contribution in [-0.4, -0.2) is 11.7 Å². The highest BCUT2D eigenvalue weighted by Crippen LogP contribution is 2.43. The van der Waals surface area contributed by atoms with Crippen LogP contribution in [0.2, 0.25) is 5.02 Å². The number of benzene rings is 1. The molecule has 0 saturated heterocycles. The van der Waals surface area contributed by atoms with E-state index in [0.29, 0.717) is 45.6 Å². The minimum absolute atomic E-state index is 0.0411. The lowest BCUT2D eigenvalue weighted by atomic mass is 9.77. The molecule has 1 atom stereocenters. The van der Waals surface area contributed by atoms with Crippen molar-refractivity contribution in [2.75, 3.05) is 5.32 Å². The van der Waals surface area contributed by atoms with E-state index in [2.05, 4.69) is 15.6 Å². The number of halogens is 1. The predicted octanol–water partition coefficient (Wildman–Crippen LogP) is 5.33. The van der Waals surface area contributed by atoms with E-state index in [1.165, 1.54) is 0 Å². The molecule has 0 fully saturated rings. The smallest absolute Gasteiger partial charge is 0.337 e. The number of anilines is 1. The van der Waals surface area contributed by atoms with Crippen LogP contribution in [0, 0.1) is 6.92 Å². The van der Waals surface area contributed by atoms with Crippen molar-refractivity contribution in [1.82, 2.24) is 5.32 Å². The summed E-state index contributed by atoms with van der Waals surface area (Å²) in [5, 5.41) is 6.89. The highest BCUT2D eigenvalue weighted by molar-refractivity contribution is 6.30. The first-order valence-corrected chi connectivity index (χ1v) is 11.7. The van der Waals surface area contributed by atoms with Crippen LogP contribution in [0.4, 0.5) is 5.82 Å². The molecule has 2 aliphatic rings. The Hall–Kier alpha value is -3.64. The number of nitrogens with one attached hydrogen (secondary N) is 3. The second-order valence-electron chi connectivity index (χ2n) is 8.71. The molecular formula is C27H25ClN3O3+. The number of aromatic amines is 1. The monoisotopic (exact) mass is 474 g/mol. The van der Waals surface area contributed by atoms with Gasteiger partial charge in [0.05, 0.1) is 17.7 Å². The van der Waals surface area contributed by atoms with Gasteiger partial charge in [-0.15, -0.1) is 0 Å². The van der Waals surface area contributed by atoms with Gasteiger partial charge in [0, 0.05) is 40.0 Å². The number of furan rings is 1. The van der Waals surface area contributed by atoms with E-state index < -0.39 is 5.92 Å². The Morgan fingerprint density at radius 1 is 1.15 bits per heavy atom. The van der Waals surface area contributed by atoms with Crippen LogP contribution in [0.25, 0.3) is 11.3 Å². The Balaban J connectivity index is 1.58. The summed E-state index contributed by atoms with van der Waals surface area (Å²) >= 11 is 6.17. The standard InChI is InChI=1S/C27H24ClN3O3/c1-15-11-12-29-23(13-15)31-27(33)24-16(2)30-19-7-4-8-20(32)25(19)26(24)22-10-9-21(34-22)17-5-3-6-18(28)14-17/h3,5-6,9-14,26,30H,4,7-8H2,1-2H3,(H,29,31,33)/p+1. The second kappa shape index (κ2) is 8.95. The summed E-state index contributed by atoms with van der Waals surface area (Å²) in [5.41, 5.74) is 4.51. The molecule has 0 bridgehead atoms. The molecule has 0 spiro atoms. The first kappa shape index (κ1) is 22.2. The summed E-state index contributed by atoms with van der Waals surface area (Å²) in [6.45, 7) is 3.82. The third-order valence-electron chi connectivity index (χ3n) is 6.25. The molecule has 1 aromatic carbocycles. The lowest BCUT2D eigenvalue weighted by molar-refractivity contribution is -0.360. The zero-order valence-corrected chi connectivity index (χ0v) is 19.8. The van der Waals surface area contributed by atoms with Crippen LogP contribution in [0.15, 0.2) is 81.7 Å². The SMILES string of the molecule is CC1=C(C(=O)Nc2cc(C)cc[nH+]2)C(c2ccc(-c3cccc(Cl)c3)o2)C2=C(CCCC2=O)N1. The Bertz CT molecular complexity index is 1370. The minimum atomic E-state index is -0.596. The molecule has 1 aliphatic heterocycles. The van der Waals surface area contributed by atoms with Crippen LogP contribution in [0.1, 0.15) is 43.4 Å². The van der Waals surface area contributed by atoms with Gasteiger partial charge in [0.1, 0.15) is 11.5 Å². The summed E-state index contributed by atoms with van der Waals surface area (Å²) in [6.07, 6.45) is 3.78. The molecule has 3 heterocycles. The third-order valence-corrected chi connectivity index (χ3v) is 6.48. The fourth-order valence-corrected chi connectivity index (χ4v) is 4.91. The average molecular weight is 475 g/mol. The van der Waals surface area contributed by atoms with Gasteiger partial charge < -0.3 is 9.73 Å². The molecule has 3 aromatic rings. The Morgan fingerprint density at radius 2 is 2.00 bits per heavy atom. The fourth-order valence-electron chi connectivity index (χ4n) is 4.72. The number of dihydropyridines is 1. The molecular weight excluding hydrogens is 450 g/mol. The van der Waals surface area contributed by atoms with Crippen LogP contribution in [-0.2, 0) is 9.59 Å². The van der Waals surface area contributed by atoms with E-state index in [1.807, 2.05) is 56.3 Å². The number of allylic oxidation sites excluding steroid dienone is 3. The van der Waals surface area contributed by atoms with E-state index >= 15 is 0 Å². The van der Waals surface area contributed by atoms with Crippen LogP contribution < -0.4 is 15.6 Å². The molecule has 0 radical (unpaired) electrons. The molecule has 1 unspecified atom stereocenters. The average Bonchev–Trinajstić information content (AvgIpc) is 3.28. The second-order valence-corrected chi connectivity index (χ2v) is 9.15. The molecule has 172 valence electrons. The number of aromatic nitrogens is 1. The normalized spacial score (nSPS) is 18.0. The maximum atomic E-state index is 13.6. The van der Waals surface area contributed by atoms with Gasteiger partial charge in [0.15, 0.2) is 5.78 Å². The topological polar surface area (TPSA) is 85.5 Å². The molecule has 6 nitrogen and oxygen atoms in total. The Labute approximate surface area is 202 Å². The number of Topliss-reactive ketones (excluding diaryl/α,β-unsaturated/α-hetero) is 1. The van der Waals surface area contributed by atoms with E-state index in [1.54, 1.807) is 12.3 Å². The highest BCUT2D eigenvalue weighted by atomic mass is 35.5. The molecule has 7 heteroatoms. The van der Waals surface area contributed by atoms with Gasteiger partial charge in [0.2, 0.25) is 0 Å². The van der Waals surface area contributed by atoms with Gasteiger partial charge in [-0.25, -0.2) is 15.1 Å². The number of amides is 1. The lowest BCUT2D eigenvalue weighted by Crippen LogP contribution is -2.36. The van der Waals surface area contributed by atoms with Crippen molar-refractivity contribution in [1.29, 1.82) is 0 Å². The molecule has 5 rings (SSSR count). The number of rotatable bonds is 4. The van der Waals surface area contributed by atoms with E-state index in [0.717, 1.165) is 29.7 Å². The van der Waals surface area contributed by atoms with E-state index in [-0.39, 0.29) is 11.7 Å². The summed E-state index contributed by atoms with van der Waals surface area (Å²) in [6, 6.07) is 14.9. The Kier molecular flexibility index (Phi) is 5.84. The van der Waals surface area contributed by atoms with Gasteiger partial charge in [-0.3, -0.25) is 4.79 Å². The summed E-state index contributed by atoms with van der Waals surface area (Å²) in [5.74, 6) is 0.921. The van der Waals surface area contributed by atoms with Crippen molar-refractivity contribution in [3.8, 4) is 11.3 Å². The number of hydrogen-bond acceptors (Lipinski definition) is 4. The number of carbonyl (C=O) groups excluding carboxylic acids is 2. The molecule has 1 amide bonds. The van der Waals surface area contributed by atoms with Crippen LogP contribution >= 0.6 is 11.6 Å². The first-order chi connectivity index (χ1) is 16.4. The zero-order valence-electron chi connectivity index (χ0n) is 19.0. The minimum Gasteiger partial charge on any atom is -0.460 e. The van der Waals surface area contributed by atoms with Gasteiger partial charge >= 0.3 is 5.91 Å². The lowest BCUT2D eigenvalue weighted by Gasteiger charge is -2.32. The number of hydrogen-bond donors (Lipinski definition) is 2. The number of H-pyrrole nitrogens is 1. The zero-order chi connectivity index (χ0) is 23.8. The summed E-state index contributed by atoms with van der Waals surface area (Å²) in [7, 11) is 0. The largest absolute Gasteiger partial charge is 0.460 e. The summed E-state index contributed by atoms with van der Waals surface area (Å²) in [4.78, 5) is 29.7. The molecule has 34 heavy (non-hydrogen) atoms. The van der Waals surface area contributed by atoms with Gasteiger partial charge in [-0.1, -0.05) is 23.7 Å². The third kappa shape index (κ3) is 4.17. The van der Waals surface area contributed by atoms with Crippen LogP contribution in [0.3, 0.4) is 0 Å². The molecule has 2 aromatic heterocycles. The predicted molar refractivity (Wildman–Crippen MR) is 130 cm³/mol. The number of ketones is 1. The first-order valence-electron chi connectivity index (χ1n) is 11.3. The van der Waals surface area contributed by atoms with Gasteiger partial charge in [0.25, 0.3) is 5.82 Å². The quantitative estimate of drug-likeness (QED) is 0.535. The van der Waals surface area contributed by atoms with E-state index in [4.69, 9.17) is 16.0 Å². The van der Waals surface area contributed by atoms with Gasteiger partial charge in [-0.05, 0) is 62.6 Å². The van der Waals surface area contributed by atoms with Crippen molar-refractivity contribution >= 4 is 29.1 Å². The number of aryl methyl sites for hydroxylation is 1. The summed E-state index contributed by atoms with van der Waals surface area (Å²) < 4.78 is 6.26. The van der Waals surface area contributed by atoms with Crippen molar-refractivity contribution in [3.05, 3.63) is 93.6 Å². The molecule has 3 N–H and O–H groups in total. The highest BCUT2D eigenvalue weighted by Gasteiger charge is 2.41.